The van der Waals surface area contributed by atoms with Crippen LogP contribution in [0.4, 0.5) is 0 Å². The van der Waals surface area contributed by atoms with Gasteiger partial charge in [0.2, 0.25) is 5.82 Å². The summed E-state index contributed by atoms with van der Waals surface area (Å²) in [6.07, 6.45) is 4.98. The van der Waals surface area contributed by atoms with Gasteiger partial charge in [0.15, 0.2) is 6.04 Å². The minimum atomic E-state index is 0.236. The zero-order valence-corrected chi connectivity index (χ0v) is 13.5. The summed E-state index contributed by atoms with van der Waals surface area (Å²) < 4.78 is 7.65. The molecule has 0 aromatic carbocycles. The fourth-order valence-electron chi connectivity index (χ4n) is 3.69. The molecule has 0 unspecified atom stereocenters. The first kappa shape index (κ1) is 14.3. The molecule has 7 heteroatoms. The number of ether oxygens (including phenoxy) is 1. The number of nitrogens with zero attached hydrogens (tertiary/aromatic N) is 4. The SMILES string of the molecule is c1csc([C@@H](c2nnnn2C2CCCC2)[NH+]2CCOCC2)c1. The summed E-state index contributed by atoms with van der Waals surface area (Å²) in [6, 6.07) is 5.05. The van der Waals surface area contributed by atoms with E-state index in [0.29, 0.717) is 6.04 Å². The summed E-state index contributed by atoms with van der Waals surface area (Å²) in [7, 11) is 0. The third kappa shape index (κ3) is 2.68. The summed E-state index contributed by atoms with van der Waals surface area (Å²) in [5.41, 5.74) is 0. The van der Waals surface area contributed by atoms with Crippen molar-refractivity contribution in [3.8, 4) is 0 Å². The first-order chi connectivity index (χ1) is 10.9. The maximum atomic E-state index is 5.54. The molecule has 6 nitrogen and oxygen atoms in total. The predicted molar refractivity (Wildman–Crippen MR) is 83.0 cm³/mol. The lowest BCUT2D eigenvalue weighted by Crippen LogP contribution is -3.14. The van der Waals surface area contributed by atoms with Crippen molar-refractivity contribution in [1.29, 1.82) is 0 Å². The van der Waals surface area contributed by atoms with E-state index in [-0.39, 0.29) is 6.04 Å². The van der Waals surface area contributed by atoms with Crippen LogP contribution >= 0.6 is 11.3 Å². The highest BCUT2D eigenvalue weighted by Crippen LogP contribution is 2.31. The van der Waals surface area contributed by atoms with Crippen LogP contribution in [0.5, 0.6) is 0 Å². The van der Waals surface area contributed by atoms with Crippen LogP contribution < -0.4 is 4.90 Å². The Hall–Kier alpha value is -1.31. The van der Waals surface area contributed by atoms with Gasteiger partial charge >= 0.3 is 0 Å². The van der Waals surface area contributed by atoms with Crippen molar-refractivity contribution in [3.63, 3.8) is 0 Å². The Bertz CT molecular complexity index is 587. The van der Waals surface area contributed by atoms with Gasteiger partial charge in [0.05, 0.1) is 24.1 Å². The van der Waals surface area contributed by atoms with E-state index in [0.717, 1.165) is 32.1 Å². The molecular weight excluding hydrogens is 298 g/mol. The number of thiophene rings is 1. The normalized spacial score (nSPS) is 22.2. The van der Waals surface area contributed by atoms with E-state index < -0.39 is 0 Å². The highest BCUT2D eigenvalue weighted by Gasteiger charge is 2.35. The average Bonchev–Trinajstić information content (AvgIpc) is 3.31. The zero-order valence-electron chi connectivity index (χ0n) is 12.6. The minimum absolute atomic E-state index is 0.236. The fraction of sp³-hybridized carbons (Fsp3) is 0.667. The molecule has 0 spiro atoms. The van der Waals surface area contributed by atoms with Gasteiger partial charge in [-0.25, -0.2) is 4.68 Å². The van der Waals surface area contributed by atoms with E-state index >= 15 is 0 Å². The summed E-state index contributed by atoms with van der Waals surface area (Å²) in [5, 5.41) is 14.9. The van der Waals surface area contributed by atoms with Gasteiger partial charge < -0.3 is 9.64 Å². The zero-order chi connectivity index (χ0) is 14.8. The van der Waals surface area contributed by atoms with Crippen molar-refractivity contribution in [1.82, 2.24) is 20.2 Å². The lowest BCUT2D eigenvalue weighted by atomic mass is 10.1. The number of tetrazole rings is 1. The number of nitrogens with one attached hydrogen (secondary N) is 1. The number of quaternary nitrogens is 1. The van der Waals surface area contributed by atoms with E-state index in [9.17, 15) is 0 Å². The Morgan fingerprint density at radius 3 is 2.82 bits per heavy atom. The lowest BCUT2D eigenvalue weighted by Gasteiger charge is -2.30. The van der Waals surface area contributed by atoms with Gasteiger partial charge in [-0.1, -0.05) is 18.9 Å². The molecule has 2 aromatic rings. The standard InChI is InChI=1S/C15H21N5OS/c1-2-5-12(4-1)20-15(16-17-18-20)14(13-6-3-11-22-13)19-7-9-21-10-8-19/h3,6,11-12,14H,1-2,4-5,7-10H2/p+1/t14-/m0/s1. The van der Waals surface area contributed by atoms with Crippen LogP contribution in [0.15, 0.2) is 17.5 Å². The molecule has 1 N–H and O–H groups in total. The maximum Gasteiger partial charge on any atom is 0.215 e. The second-order valence-electron chi connectivity index (χ2n) is 6.14. The number of aromatic nitrogens is 4. The van der Waals surface area contributed by atoms with Crippen LogP contribution in [0.25, 0.3) is 0 Å². The third-order valence-electron chi connectivity index (χ3n) is 4.82. The van der Waals surface area contributed by atoms with Crippen LogP contribution in [-0.4, -0.2) is 46.5 Å². The second kappa shape index (κ2) is 6.44. The maximum absolute atomic E-state index is 5.54. The first-order valence-electron chi connectivity index (χ1n) is 8.17. The number of morpholine rings is 1. The molecule has 1 saturated carbocycles. The van der Waals surface area contributed by atoms with E-state index in [1.807, 2.05) is 0 Å². The van der Waals surface area contributed by atoms with Gasteiger partial charge in [-0.15, -0.1) is 16.4 Å². The number of hydrogen-bond acceptors (Lipinski definition) is 5. The van der Waals surface area contributed by atoms with Crippen molar-refractivity contribution >= 4 is 11.3 Å². The Morgan fingerprint density at radius 1 is 1.27 bits per heavy atom. The van der Waals surface area contributed by atoms with Crippen molar-refractivity contribution in [2.45, 2.75) is 37.8 Å². The van der Waals surface area contributed by atoms with Crippen LogP contribution in [0.1, 0.15) is 48.5 Å². The molecule has 1 atom stereocenters. The summed E-state index contributed by atoms with van der Waals surface area (Å²) in [4.78, 5) is 2.87. The van der Waals surface area contributed by atoms with Crippen molar-refractivity contribution in [3.05, 3.63) is 28.2 Å². The van der Waals surface area contributed by atoms with Crippen LogP contribution in [0.2, 0.25) is 0 Å². The molecule has 2 fully saturated rings. The molecule has 1 aliphatic carbocycles. The number of hydrogen-bond donors (Lipinski definition) is 1. The topological polar surface area (TPSA) is 57.3 Å². The highest BCUT2D eigenvalue weighted by atomic mass is 32.1. The summed E-state index contributed by atoms with van der Waals surface area (Å²) in [6.45, 7) is 3.67. The Kier molecular flexibility index (Phi) is 4.18. The van der Waals surface area contributed by atoms with Gasteiger partial charge in [-0.3, -0.25) is 0 Å². The Balaban J connectivity index is 1.70. The summed E-state index contributed by atoms with van der Waals surface area (Å²) >= 11 is 1.80. The van der Waals surface area contributed by atoms with E-state index in [2.05, 4.69) is 37.7 Å². The van der Waals surface area contributed by atoms with Crippen molar-refractivity contribution < 1.29 is 9.64 Å². The number of rotatable bonds is 4. The van der Waals surface area contributed by atoms with E-state index in [1.54, 1.807) is 11.3 Å². The average molecular weight is 320 g/mol. The Labute approximate surface area is 134 Å². The predicted octanol–water partition coefficient (Wildman–Crippen LogP) is 0.854. The van der Waals surface area contributed by atoms with E-state index in [1.165, 1.54) is 35.5 Å². The van der Waals surface area contributed by atoms with Crippen molar-refractivity contribution in [2.75, 3.05) is 26.3 Å². The first-order valence-corrected chi connectivity index (χ1v) is 9.05. The third-order valence-corrected chi connectivity index (χ3v) is 5.76. The van der Waals surface area contributed by atoms with Crippen molar-refractivity contribution in [2.24, 2.45) is 0 Å². The minimum Gasteiger partial charge on any atom is -0.370 e. The van der Waals surface area contributed by atoms with Gasteiger partial charge in [0.1, 0.15) is 13.1 Å². The summed E-state index contributed by atoms with van der Waals surface area (Å²) in [5.74, 6) is 1.03. The molecule has 1 aliphatic heterocycles. The van der Waals surface area contributed by atoms with Gasteiger partial charge in [-0.2, -0.15) is 0 Å². The second-order valence-corrected chi connectivity index (χ2v) is 7.12. The molecular formula is C15H22N5OS+. The van der Waals surface area contributed by atoms with E-state index in [4.69, 9.17) is 4.74 Å². The molecule has 0 bridgehead atoms. The largest absolute Gasteiger partial charge is 0.370 e. The van der Waals surface area contributed by atoms with Crippen LogP contribution in [0.3, 0.4) is 0 Å². The van der Waals surface area contributed by atoms with Gasteiger partial charge in [0.25, 0.3) is 0 Å². The molecule has 2 aliphatic rings. The monoisotopic (exact) mass is 320 g/mol. The molecule has 0 amide bonds. The van der Waals surface area contributed by atoms with Gasteiger partial charge in [-0.05, 0) is 34.7 Å². The molecule has 0 radical (unpaired) electrons. The molecule has 2 aromatic heterocycles. The highest BCUT2D eigenvalue weighted by molar-refractivity contribution is 7.10. The molecule has 118 valence electrons. The van der Waals surface area contributed by atoms with Crippen LogP contribution in [0, 0.1) is 0 Å². The van der Waals surface area contributed by atoms with Gasteiger partial charge in [0, 0.05) is 0 Å². The fourth-order valence-corrected chi connectivity index (χ4v) is 4.57. The lowest BCUT2D eigenvalue weighted by molar-refractivity contribution is -0.933. The van der Waals surface area contributed by atoms with Crippen LogP contribution in [-0.2, 0) is 4.74 Å². The molecule has 4 rings (SSSR count). The molecule has 22 heavy (non-hydrogen) atoms. The quantitative estimate of drug-likeness (QED) is 0.907. The smallest absolute Gasteiger partial charge is 0.215 e. The Morgan fingerprint density at radius 2 is 2.09 bits per heavy atom. The molecule has 1 saturated heterocycles. The molecule has 3 heterocycles.